The van der Waals surface area contributed by atoms with Crippen molar-refractivity contribution in [3.05, 3.63) is 174 Å². The third-order valence-electron chi connectivity index (χ3n) is 14.5. The van der Waals surface area contributed by atoms with Gasteiger partial charge in [-0.25, -0.2) is 15.0 Å². The zero-order valence-corrected chi connectivity index (χ0v) is 34.1. The second kappa shape index (κ2) is 13.4. The minimum Gasteiger partial charge on any atom is -0.456 e. The Morgan fingerprint density at radius 3 is 1.83 bits per heavy atom. The van der Waals surface area contributed by atoms with Gasteiger partial charge in [-0.05, 0) is 127 Å². The first-order valence-corrected chi connectivity index (χ1v) is 22.6. The predicted octanol–water partition coefficient (Wildman–Crippen LogP) is 14.5. The molecule has 290 valence electrons. The Bertz CT molecular complexity index is 3050. The van der Waals surface area contributed by atoms with Gasteiger partial charge in [-0.1, -0.05) is 109 Å². The van der Waals surface area contributed by atoms with Crippen LogP contribution in [0, 0.1) is 17.8 Å². The number of fused-ring (bicyclic) bond motifs is 10. The van der Waals surface area contributed by atoms with Crippen LogP contribution in [0.4, 0.5) is 0 Å². The summed E-state index contributed by atoms with van der Waals surface area (Å²) in [5.74, 6) is 6.74. The lowest BCUT2D eigenvalue weighted by molar-refractivity contribution is -0.00518. The average Bonchev–Trinajstić information content (AvgIpc) is 3.68. The van der Waals surface area contributed by atoms with Gasteiger partial charge in [0.15, 0.2) is 17.5 Å². The molecule has 2 aromatic heterocycles. The number of nitrogens with zero attached hydrogens (tertiary/aromatic N) is 3. The van der Waals surface area contributed by atoms with Crippen LogP contribution in [0.2, 0.25) is 0 Å². The van der Waals surface area contributed by atoms with E-state index in [0.717, 1.165) is 57.1 Å². The Morgan fingerprint density at radius 2 is 1.07 bits per heavy atom. The summed E-state index contributed by atoms with van der Waals surface area (Å²) in [7, 11) is 0. The number of aromatic nitrogens is 3. The summed E-state index contributed by atoms with van der Waals surface area (Å²) in [6.45, 7) is 0. The molecule has 14 rings (SSSR count). The number of hydrogen-bond acceptors (Lipinski definition) is 5. The third kappa shape index (κ3) is 5.59. The van der Waals surface area contributed by atoms with Crippen LogP contribution in [0.5, 0.6) is 11.5 Å². The highest BCUT2D eigenvalue weighted by Gasteiger charge is 2.51. The van der Waals surface area contributed by atoms with Crippen molar-refractivity contribution in [1.82, 2.24) is 15.0 Å². The minimum absolute atomic E-state index is 0.154. The zero-order valence-electron chi connectivity index (χ0n) is 33.3. The molecule has 6 aromatic carbocycles. The van der Waals surface area contributed by atoms with Crippen molar-refractivity contribution in [2.75, 3.05) is 0 Å². The minimum atomic E-state index is 0.154. The van der Waals surface area contributed by atoms with Crippen molar-refractivity contribution in [3.63, 3.8) is 0 Å². The van der Waals surface area contributed by atoms with Crippen molar-refractivity contribution in [2.45, 2.75) is 55.8 Å². The van der Waals surface area contributed by atoms with Gasteiger partial charge < -0.3 is 4.74 Å². The van der Waals surface area contributed by atoms with E-state index in [1.54, 1.807) is 0 Å². The smallest absolute Gasteiger partial charge is 0.164 e. The molecule has 60 heavy (non-hydrogen) atoms. The molecule has 0 spiro atoms. The standard InChI is InChI=1S/C55H43N3OS/c1-3-11-42-40(9-1)41-10-2-4-12-43(41)46-28-37(19-23-49(46)59-48-15-7-5-13-44(42)48)53-56-52(36-17-21-39(22-18-36)55-30-33-25-34(31-55)27-35(26-33)32-55)57-54(58-53)38-20-24-51-47(29-38)45-14-6-8-16-50(45)60-51/h1-24,28-29,33-35,40,42H,25-27,30-32H2/t33-,34+,35?,40?,42?,55?. The third-order valence-corrected chi connectivity index (χ3v) is 15.7. The Labute approximate surface area is 354 Å². The van der Waals surface area contributed by atoms with Gasteiger partial charge in [-0.15, -0.1) is 11.3 Å². The van der Waals surface area contributed by atoms with Crippen LogP contribution in [0.15, 0.2) is 158 Å². The monoisotopic (exact) mass is 793 g/mol. The second-order valence-corrected chi connectivity index (χ2v) is 19.2. The Hall–Kier alpha value is -6.17. The van der Waals surface area contributed by atoms with E-state index in [1.807, 2.05) is 11.3 Å². The molecule has 1 aliphatic heterocycles. The fourth-order valence-electron chi connectivity index (χ4n) is 12.2. The van der Waals surface area contributed by atoms with Gasteiger partial charge in [0.1, 0.15) is 11.5 Å². The fourth-order valence-corrected chi connectivity index (χ4v) is 13.3. The Kier molecular flexibility index (Phi) is 7.76. The van der Waals surface area contributed by atoms with Crippen LogP contribution in [-0.4, -0.2) is 15.0 Å². The maximum absolute atomic E-state index is 6.90. The molecule has 3 heterocycles. The number of thiophene rings is 1. The molecule has 2 unspecified atom stereocenters. The maximum atomic E-state index is 6.90. The second-order valence-electron chi connectivity index (χ2n) is 18.2. The molecule has 5 heteroatoms. The van der Waals surface area contributed by atoms with Crippen molar-refractivity contribution in [2.24, 2.45) is 17.8 Å². The van der Waals surface area contributed by atoms with Gasteiger partial charge >= 0.3 is 0 Å². The van der Waals surface area contributed by atoms with Crippen LogP contribution < -0.4 is 4.74 Å². The van der Waals surface area contributed by atoms with E-state index in [4.69, 9.17) is 19.7 Å². The molecular formula is C55H43N3OS. The molecule has 4 bridgehead atoms. The van der Waals surface area contributed by atoms with Crippen molar-refractivity contribution in [3.8, 4) is 56.8 Å². The normalized spacial score (nSPS) is 24.5. The van der Waals surface area contributed by atoms with Crippen LogP contribution >= 0.6 is 11.3 Å². The van der Waals surface area contributed by atoms with Gasteiger partial charge in [0.2, 0.25) is 0 Å². The van der Waals surface area contributed by atoms with E-state index >= 15 is 0 Å². The summed E-state index contributed by atoms with van der Waals surface area (Å²) in [6, 6.07) is 48.4. The Morgan fingerprint density at radius 1 is 0.483 bits per heavy atom. The lowest BCUT2D eigenvalue weighted by Crippen LogP contribution is -2.48. The summed E-state index contributed by atoms with van der Waals surface area (Å²) in [4.78, 5) is 15.9. The molecule has 0 amide bonds. The van der Waals surface area contributed by atoms with Gasteiger partial charge in [0.25, 0.3) is 0 Å². The summed E-state index contributed by atoms with van der Waals surface area (Å²) in [6.07, 6.45) is 17.4. The molecular weight excluding hydrogens is 751 g/mol. The summed E-state index contributed by atoms with van der Waals surface area (Å²) < 4.78 is 9.45. The van der Waals surface area contributed by atoms with Gasteiger partial charge in [-0.2, -0.15) is 0 Å². The quantitative estimate of drug-likeness (QED) is 0.178. The number of rotatable bonds is 4. The van der Waals surface area contributed by atoms with E-state index < -0.39 is 0 Å². The van der Waals surface area contributed by atoms with E-state index in [-0.39, 0.29) is 11.8 Å². The highest BCUT2D eigenvalue weighted by Crippen LogP contribution is 2.61. The highest BCUT2D eigenvalue weighted by atomic mass is 32.1. The highest BCUT2D eigenvalue weighted by molar-refractivity contribution is 7.25. The maximum Gasteiger partial charge on any atom is 0.164 e. The molecule has 0 saturated heterocycles. The number of benzene rings is 6. The van der Waals surface area contributed by atoms with Crippen LogP contribution in [0.3, 0.4) is 0 Å². The van der Waals surface area contributed by atoms with Crippen molar-refractivity contribution < 1.29 is 4.74 Å². The zero-order chi connectivity index (χ0) is 39.4. The van der Waals surface area contributed by atoms with Gasteiger partial charge in [-0.3, -0.25) is 0 Å². The van der Waals surface area contributed by atoms with E-state index in [2.05, 4.69) is 158 Å². The lowest BCUT2D eigenvalue weighted by Gasteiger charge is -2.57. The molecule has 0 radical (unpaired) electrons. The first-order chi connectivity index (χ1) is 29.6. The van der Waals surface area contributed by atoms with Crippen LogP contribution in [0.1, 0.15) is 67.1 Å². The number of hydrogen-bond donors (Lipinski definition) is 0. The van der Waals surface area contributed by atoms with E-state index in [1.165, 1.54) is 75.4 Å². The molecule has 4 fully saturated rings. The van der Waals surface area contributed by atoms with Crippen molar-refractivity contribution in [1.29, 1.82) is 0 Å². The first-order valence-electron chi connectivity index (χ1n) is 21.7. The summed E-state index contributed by atoms with van der Waals surface area (Å²) >= 11 is 1.83. The first kappa shape index (κ1) is 34.7. The molecule has 5 aliphatic carbocycles. The predicted molar refractivity (Wildman–Crippen MR) is 245 cm³/mol. The number of allylic oxidation sites excluding steroid dienone is 4. The van der Waals surface area contributed by atoms with E-state index in [9.17, 15) is 0 Å². The molecule has 4 saturated carbocycles. The fraction of sp³-hybridized carbons (Fsp3) is 0.218. The summed E-state index contributed by atoms with van der Waals surface area (Å²) in [5, 5.41) is 2.49. The van der Waals surface area contributed by atoms with E-state index in [0.29, 0.717) is 22.9 Å². The molecule has 4 nitrogen and oxygen atoms in total. The molecule has 0 N–H and O–H groups in total. The largest absolute Gasteiger partial charge is 0.456 e. The summed E-state index contributed by atoms with van der Waals surface area (Å²) in [5.41, 5.74) is 9.41. The molecule has 2 atom stereocenters. The van der Waals surface area contributed by atoms with Gasteiger partial charge in [0.05, 0.1) is 0 Å². The average molecular weight is 794 g/mol. The SMILES string of the molecule is C1=CC2c3ccccc3Oc3ccc(-c4nc(-c5ccc(C67CC8C[C@H](C6)C[C@@H](C8)C7)cc5)nc(-c5ccc6sc7ccccc7c6c5)n4)cc3-c3ccccc3C2C=C1. The van der Waals surface area contributed by atoms with Gasteiger partial charge in [0, 0.05) is 59.8 Å². The van der Waals surface area contributed by atoms with Crippen LogP contribution in [0.25, 0.3) is 65.5 Å². The molecule has 8 aromatic rings. The van der Waals surface area contributed by atoms with Crippen LogP contribution in [-0.2, 0) is 5.41 Å². The lowest BCUT2D eigenvalue weighted by atomic mass is 9.48. The number of para-hydroxylation sites is 1. The topological polar surface area (TPSA) is 47.9 Å². The Balaban J connectivity index is 0.968. The van der Waals surface area contributed by atoms with Crippen molar-refractivity contribution >= 4 is 31.5 Å². The number of ether oxygens (including phenoxy) is 1. The molecule has 6 aliphatic rings.